The summed E-state index contributed by atoms with van der Waals surface area (Å²) >= 11 is 1.83. The fourth-order valence-corrected chi connectivity index (χ4v) is 3.59. The average molecular weight is 253 g/mol. The molecule has 0 spiro atoms. The first-order valence-electron chi connectivity index (χ1n) is 6.58. The Labute approximate surface area is 108 Å². The third-order valence-corrected chi connectivity index (χ3v) is 4.90. The van der Waals surface area contributed by atoms with Gasteiger partial charge in [0.15, 0.2) is 5.13 Å². The summed E-state index contributed by atoms with van der Waals surface area (Å²) in [4.78, 5) is 8.50. The van der Waals surface area contributed by atoms with Crippen molar-refractivity contribution in [2.45, 2.75) is 58.5 Å². The number of aromatic nitrogens is 1. The Morgan fingerprint density at radius 3 is 2.41 bits per heavy atom. The van der Waals surface area contributed by atoms with Crippen molar-refractivity contribution in [2.75, 3.05) is 11.4 Å². The molecule has 1 saturated carbocycles. The minimum Gasteiger partial charge on any atom is -0.345 e. The molecular weight excluding hydrogens is 230 g/mol. The molecule has 17 heavy (non-hydrogen) atoms. The van der Waals surface area contributed by atoms with Crippen molar-refractivity contribution in [3.63, 3.8) is 0 Å². The van der Waals surface area contributed by atoms with Crippen LogP contribution in [0.2, 0.25) is 0 Å². The zero-order valence-corrected chi connectivity index (χ0v) is 11.9. The van der Waals surface area contributed by atoms with E-state index in [0.29, 0.717) is 12.1 Å². The van der Waals surface area contributed by atoms with Gasteiger partial charge in [0.1, 0.15) is 0 Å². The van der Waals surface area contributed by atoms with Gasteiger partial charge in [-0.3, -0.25) is 0 Å². The number of anilines is 1. The average Bonchev–Trinajstić information content (AvgIpc) is 2.63. The largest absolute Gasteiger partial charge is 0.345 e. The summed E-state index contributed by atoms with van der Waals surface area (Å²) in [5.74, 6) is 0. The molecule has 0 aliphatic heterocycles. The minimum absolute atomic E-state index is 0.421. The Kier molecular flexibility index (Phi) is 4.05. The van der Waals surface area contributed by atoms with Crippen LogP contribution < -0.4 is 10.6 Å². The van der Waals surface area contributed by atoms with Crippen molar-refractivity contribution in [1.29, 1.82) is 0 Å². The van der Waals surface area contributed by atoms with Gasteiger partial charge in [-0.2, -0.15) is 0 Å². The molecule has 3 nitrogen and oxygen atoms in total. The predicted octanol–water partition coefficient (Wildman–Crippen LogP) is 2.86. The van der Waals surface area contributed by atoms with E-state index in [4.69, 9.17) is 5.73 Å². The van der Waals surface area contributed by atoms with Gasteiger partial charge in [0.25, 0.3) is 0 Å². The molecule has 0 radical (unpaired) electrons. The highest BCUT2D eigenvalue weighted by Crippen LogP contribution is 2.31. The highest BCUT2D eigenvalue weighted by Gasteiger charge is 2.25. The zero-order chi connectivity index (χ0) is 12.4. The van der Waals surface area contributed by atoms with E-state index in [1.54, 1.807) is 0 Å². The summed E-state index contributed by atoms with van der Waals surface area (Å²) in [5, 5.41) is 1.20. The molecule has 0 bridgehead atoms. The van der Waals surface area contributed by atoms with Crippen molar-refractivity contribution in [1.82, 2.24) is 4.98 Å². The molecule has 2 rings (SSSR count). The molecule has 0 unspecified atom stereocenters. The van der Waals surface area contributed by atoms with Crippen LogP contribution in [0.1, 0.15) is 43.2 Å². The standard InChI is InChI=1S/C13H23N3S/c1-4-16(12-7-5-11(14)6-8-12)13-15-9(2)10(3)17-13/h11-12H,4-8,14H2,1-3H3. The molecule has 4 heteroatoms. The third kappa shape index (κ3) is 2.80. The molecule has 1 aromatic rings. The first-order chi connectivity index (χ1) is 8.11. The number of thiazole rings is 1. The number of hydrogen-bond donors (Lipinski definition) is 1. The normalized spacial score (nSPS) is 24.9. The second-order valence-electron chi connectivity index (χ2n) is 4.99. The Hall–Kier alpha value is -0.610. The molecular formula is C13H23N3S. The van der Waals surface area contributed by atoms with Gasteiger partial charge in [-0.05, 0) is 46.5 Å². The van der Waals surface area contributed by atoms with Crippen LogP contribution in [0.3, 0.4) is 0 Å². The van der Waals surface area contributed by atoms with Crippen LogP contribution in [0, 0.1) is 13.8 Å². The van der Waals surface area contributed by atoms with Crippen LogP contribution in [0.5, 0.6) is 0 Å². The Morgan fingerprint density at radius 1 is 1.29 bits per heavy atom. The molecule has 0 aromatic carbocycles. The predicted molar refractivity (Wildman–Crippen MR) is 74.8 cm³/mol. The summed E-state index contributed by atoms with van der Waals surface area (Å²) < 4.78 is 0. The van der Waals surface area contributed by atoms with E-state index in [1.165, 1.54) is 28.5 Å². The molecule has 2 N–H and O–H groups in total. The number of nitrogens with two attached hydrogens (primary N) is 1. The fourth-order valence-electron chi connectivity index (χ4n) is 2.54. The summed E-state index contributed by atoms with van der Waals surface area (Å²) in [7, 11) is 0. The van der Waals surface area contributed by atoms with Crippen LogP contribution in [0.4, 0.5) is 5.13 Å². The van der Waals surface area contributed by atoms with E-state index in [-0.39, 0.29) is 0 Å². The lowest BCUT2D eigenvalue weighted by atomic mass is 9.91. The lowest BCUT2D eigenvalue weighted by molar-refractivity contribution is 0.378. The van der Waals surface area contributed by atoms with Crippen LogP contribution in [0.25, 0.3) is 0 Å². The maximum absolute atomic E-state index is 5.97. The van der Waals surface area contributed by atoms with Crippen LogP contribution >= 0.6 is 11.3 Å². The molecule has 1 fully saturated rings. The van der Waals surface area contributed by atoms with Gasteiger partial charge in [0, 0.05) is 23.5 Å². The summed E-state index contributed by atoms with van der Waals surface area (Å²) in [6.45, 7) is 7.52. The van der Waals surface area contributed by atoms with E-state index in [2.05, 4.69) is 30.7 Å². The molecule has 1 aliphatic carbocycles. The second kappa shape index (κ2) is 5.36. The van der Waals surface area contributed by atoms with E-state index >= 15 is 0 Å². The van der Waals surface area contributed by atoms with Gasteiger partial charge < -0.3 is 10.6 Å². The quantitative estimate of drug-likeness (QED) is 0.900. The zero-order valence-electron chi connectivity index (χ0n) is 11.1. The summed E-state index contributed by atoms with van der Waals surface area (Å²) in [6.07, 6.45) is 4.74. The Balaban J connectivity index is 2.10. The van der Waals surface area contributed by atoms with Crippen molar-refractivity contribution >= 4 is 16.5 Å². The molecule has 1 aliphatic rings. The lowest BCUT2D eigenvalue weighted by Crippen LogP contribution is -2.40. The Bertz CT molecular complexity index is 347. The molecule has 1 aromatic heterocycles. The first kappa shape index (κ1) is 12.8. The van der Waals surface area contributed by atoms with E-state index in [9.17, 15) is 0 Å². The van der Waals surface area contributed by atoms with Gasteiger partial charge in [-0.15, -0.1) is 11.3 Å². The highest BCUT2D eigenvalue weighted by molar-refractivity contribution is 7.15. The van der Waals surface area contributed by atoms with Gasteiger partial charge in [-0.25, -0.2) is 4.98 Å². The number of nitrogens with zero attached hydrogens (tertiary/aromatic N) is 2. The van der Waals surface area contributed by atoms with Crippen molar-refractivity contribution < 1.29 is 0 Å². The smallest absolute Gasteiger partial charge is 0.185 e. The first-order valence-corrected chi connectivity index (χ1v) is 7.39. The number of hydrogen-bond acceptors (Lipinski definition) is 4. The van der Waals surface area contributed by atoms with Crippen LogP contribution in [0.15, 0.2) is 0 Å². The molecule has 0 saturated heterocycles. The molecule has 96 valence electrons. The van der Waals surface area contributed by atoms with Gasteiger partial charge in [0.05, 0.1) is 5.69 Å². The maximum Gasteiger partial charge on any atom is 0.185 e. The van der Waals surface area contributed by atoms with Gasteiger partial charge >= 0.3 is 0 Å². The molecule has 0 atom stereocenters. The lowest BCUT2D eigenvalue weighted by Gasteiger charge is -2.35. The maximum atomic E-state index is 5.97. The van der Waals surface area contributed by atoms with Crippen molar-refractivity contribution in [3.8, 4) is 0 Å². The van der Waals surface area contributed by atoms with Crippen LogP contribution in [-0.4, -0.2) is 23.6 Å². The van der Waals surface area contributed by atoms with E-state index < -0.39 is 0 Å². The summed E-state index contributed by atoms with van der Waals surface area (Å²) in [5.41, 5.74) is 7.15. The highest BCUT2D eigenvalue weighted by atomic mass is 32.1. The van der Waals surface area contributed by atoms with E-state index in [1.807, 2.05) is 11.3 Å². The Morgan fingerprint density at radius 2 is 1.94 bits per heavy atom. The minimum atomic E-state index is 0.421. The molecule has 0 amide bonds. The van der Waals surface area contributed by atoms with Crippen molar-refractivity contribution in [2.24, 2.45) is 5.73 Å². The van der Waals surface area contributed by atoms with Crippen molar-refractivity contribution in [3.05, 3.63) is 10.6 Å². The van der Waals surface area contributed by atoms with E-state index in [0.717, 1.165) is 19.4 Å². The summed E-state index contributed by atoms with van der Waals surface area (Å²) in [6, 6.07) is 1.06. The second-order valence-corrected chi connectivity index (χ2v) is 6.17. The number of rotatable bonds is 3. The van der Waals surface area contributed by atoms with Crippen LogP contribution in [-0.2, 0) is 0 Å². The SMILES string of the molecule is CCN(c1nc(C)c(C)s1)C1CCC(N)CC1. The monoisotopic (exact) mass is 253 g/mol. The topological polar surface area (TPSA) is 42.2 Å². The number of aryl methyl sites for hydroxylation is 2. The van der Waals surface area contributed by atoms with Gasteiger partial charge in [-0.1, -0.05) is 0 Å². The fraction of sp³-hybridized carbons (Fsp3) is 0.769. The third-order valence-electron chi connectivity index (χ3n) is 3.79. The molecule has 1 heterocycles. The van der Waals surface area contributed by atoms with Gasteiger partial charge in [0.2, 0.25) is 0 Å².